The summed E-state index contributed by atoms with van der Waals surface area (Å²) in [6, 6.07) is 13.1. The molecule has 0 aliphatic rings. The number of rotatable bonds is 11. The van der Waals surface area contributed by atoms with Crippen LogP contribution in [0, 0.1) is 0 Å². The van der Waals surface area contributed by atoms with E-state index in [1.54, 1.807) is 44.8 Å². The van der Waals surface area contributed by atoms with Gasteiger partial charge in [-0.3, -0.25) is 19.0 Å². The molecule has 0 atom stereocenters. The van der Waals surface area contributed by atoms with E-state index in [4.69, 9.17) is 0 Å². The minimum absolute atomic E-state index is 0.00789. The van der Waals surface area contributed by atoms with Crippen LogP contribution in [0.2, 0.25) is 0 Å². The van der Waals surface area contributed by atoms with Crippen molar-refractivity contribution in [3.63, 3.8) is 0 Å². The van der Waals surface area contributed by atoms with E-state index >= 15 is 0 Å². The molecule has 0 radical (unpaired) electrons. The summed E-state index contributed by atoms with van der Waals surface area (Å²) in [5, 5.41) is 14.1. The van der Waals surface area contributed by atoms with Crippen LogP contribution in [0.25, 0.3) is 11.3 Å². The molecule has 12 nitrogen and oxygen atoms in total. The zero-order chi connectivity index (χ0) is 35.3. The first kappa shape index (κ1) is 38.7. The Bertz CT molecular complexity index is 1730. The Labute approximate surface area is 274 Å². The van der Waals surface area contributed by atoms with Crippen molar-refractivity contribution in [2.24, 2.45) is 14.1 Å². The molecule has 2 N–H and O–H groups in total. The van der Waals surface area contributed by atoms with E-state index in [0.717, 1.165) is 11.3 Å². The number of aromatic nitrogens is 4. The fraction of sp³-hybridized carbons (Fsp3) is 0.562. The summed E-state index contributed by atoms with van der Waals surface area (Å²) in [5.74, 6) is -0.170. The zero-order valence-electron chi connectivity index (χ0n) is 28.9. The number of benzene rings is 1. The summed E-state index contributed by atoms with van der Waals surface area (Å²) < 4.78 is 49.2. The lowest BCUT2D eigenvalue weighted by Crippen LogP contribution is -2.45. The summed E-state index contributed by atoms with van der Waals surface area (Å²) in [7, 11) is -3.61. The molecule has 0 spiro atoms. The van der Waals surface area contributed by atoms with Gasteiger partial charge in [0.25, 0.3) is 0 Å². The van der Waals surface area contributed by atoms with E-state index in [1.807, 2.05) is 51.1 Å². The van der Waals surface area contributed by atoms with Gasteiger partial charge in [0.1, 0.15) is 21.1 Å². The predicted molar refractivity (Wildman–Crippen MR) is 184 cm³/mol. The zero-order valence-corrected chi connectivity index (χ0v) is 30.6. The third-order valence-electron chi connectivity index (χ3n) is 7.68. The van der Waals surface area contributed by atoms with Crippen molar-refractivity contribution in [3.05, 3.63) is 48.2 Å². The lowest BCUT2D eigenvalue weighted by molar-refractivity contribution is -0.118. The van der Waals surface area contributed by atoms with Crippen molar-refractivity contribution in [2.45, 2.75) is 90.1 Å². The second kappa shape index (κ2) is 14.5. The van der Waals surface area contributed by atoms with Gasteiger partial charge in [0.2, 0.25) is 11.8 Å². The molecule has 0 fully saturated rings. The van der Waals surface area contributed by atoms with Crippen LogP contribution in [-0.4, -0.2) is 69.2 Å². The summed E-state index contributed by atoms with van der Waals surface area (Å²) in [5.41, 5.74) is 2.32. The number of amides is 2. The van der Waals surface area contributed by atoms with Crippen molar-refractivity contribution >= 4 is 43.1 Å². The maximum atomic E-state index is 12.5. The molecule has 3 aromatic rings. The Kier molecular flexibility index (Phi) is 12.2. The van der Waals surface area contributed by atoms with Gasteiger partial charge in [-0.05, 0) is 40.5 Å². The normalized spacial score (nSPS) is 12.7. The average Bonchev–Trinajstić information content (AvgIpc) is 3.51. The van der Waals surface area contributed by atoms with Crippen LogP contribution in [0.3, 0.4) is 0 Å². The molecule has 14 heteroatoms. The highest BCUT2D eigenvalue weighted by Crippen LogP contribution is 2.26. The van der Waals surface area contributed by atoms with Crippen molar-refractivity contribution in [1.29, 1.82) is 0 Å². The Morgan fingerprint density at radius 3 is 1.50 bits per heavy atom. The molecule has 2 amide bonds. The van der Waals surface area contributed by atoms with E-state index in [1.165, 1.54) is 32.4 Å². The second-order valence-corrected chi connectivity index (χ2v) is 18.6. The molecule has 0 aliphatic heterocycles. The van der Waals surface area contributed by atoms with Gasteiger partial charge in [0, 0.05) is 37.2 Å². The lowest BCUT2D eigenvalue weighted by atomic mass is 9.92. The van der Waals surface area contributed by atoms with Crippen molar-refractivity contribution in [2.75, 3.05) is 22.1 Å². The summed E-state index contributed by atoms with van der Waals surface area (Å²) in [6.45, 7) is 15.4. The van der Waals surface area contributed by atoms with Crippen LogP contribution in [-0.2, 0) is 48.8 Å². The quantitative estimate of drug-likeness (QED) is 0.290. The van der Waals surface area contributed by atoms with Crippen LogP contribution in [0.15, 0.2) is 42.5 Å². The summed E-state index contributed by atoms with van der Waals surface area (Å²) in [4.78, 5) is 25.0. The number of hydrogen-bond donors (Lipinski definition) is 2. The number of sulfone groups is 2. The van der Waals surface area contributed by atoms with E-state index in [0.29, 0.717) is 30.2 Å². The molecule has 0 unspecified atom stereocenters. The van der Waals surface area contributed by atoms with Gasteiger partial charge in [0.05, 0.1) is 22.9 Å². The Morgan fingerprint density at radius 1 is 0.696 bits per heavy atom. The number of carbonyl (C=O) groups excluding carboxylic acids is 2. The summed E-state index contributed by atoms with van der Waals surface area (Å²) >= 11 is 0. The van der Waals surface area contributed by atoms with Crippen LogP contribution in [0.4, 0.5) is 11.6 Å². The summed E-state index contributed by atoms with van der Waals surface area (Å²) in [6.07, 6.45) is 0.960. The van der Waals surface area contributed by atoms with Gasteiger partial charge in [-0.25, -0.2) is 16.8 Å². The van der Waals surface area contributed by atoms with E-state index in [-0.39, 0.29) is 16.9 Å². The third kappa shape index (κ3) is 8.84. The number of nitrogens with one attached hydrogen (secondary N) is 2. The fourth-order valence-electron chi connectivity index (χ4n) is 4.15. The number of anilines is 2. The van der Waals surface area contributed by atoms with Crippen LogP contribution < -0.4 is 10.6 Å². The van der Waals surface area contributed by atoms with E-state index < -0.39 is 41.0 Å². The van der Waals surface area contributed by atoms with Gasteiger partial charge >= 0.3 is 0 Å². The Balaban J connectivity index is 0.000000322. The minimum atomic E-state index is -3.53. The molecular weight excluding hydrogens is 629 g/mol. The van der Waals surface area contributed by atoms with Crippen molar-refractivity contribution < 1.29 is 26.4 Å². The van der Waals surface area contributed by atoms with Crippen LogP contribution >= 0.6 is 0 Å². The second-order valence-electron chi connectivity index (χ2n) is 13.3. The first-order valence-electron chi connectivity index (χ1n) is 15.2. The Hall–Kier alpha value is -3.52. The molecule has 46 heavy (non-hydrogen) atoms. The van der Waals surface area contributed by atoms with E-state index in [9.17, 15) is 26.4 Å². The van der Waals surface area contributed by atoms with Gasteiger partial charge < -0.3 is 10.6 Å². The van der Waals surface area contributed by atoms with Gasteiger partial charge in [-0.1, -0.05) is 65.0 Å². The van der Waals surface area contributed by atoms with Crippen molar-refractivity contribution in [1.82, 2.24) is 19.6 Å². The van der Waals surface area contributed by atoms with E-state index in [2.05, 4.69) is 20.8 Å². The third-order valence-corrected chi connectivity index (χ3v) is 13.0. The smallest absolute Gasteiger partial charge is 0.246 e. The fourth-order valence-corrected chi connectivity index (χ4v) is 6.91. The topological polar surface area (TPSA) is 162 Å². The lowest BCUT2D eigenvalue weighted by Gasteiger charge is -2.23. The molecule has 0 aliphatic carbocycles. The molecule has 3 rings (SSSR count). The van der Waals surface area contributed by atoms with Gasteiger partial charge in [0.15, 0.2) is 19.7 Å². The SMILES string of the molecule is CCCS(=O)(=O)C(C)(C)C(=O)Nc1cc(-c2ccccc2)nn1C.CCCS(=O)(=O)C(C)(C)C(=O)Nc1cc(C(C)(C)C)nn1C. The van der Waals surface area contributed by atoms with Crippen LogP contribution in [0.5, 0.6) is 0 Å². The standard InChI is InChI=1S/C17H23N3O3S.C15H27N3O3S/c1-5-11-24(22,23)17(2,3)16(21)18-15-12-14(19-20(15)4)13-9-7-6-8-10-13;1-8-9-22(20,21)15(5,6)13(19)16-12-10-11(14(2,3)4)17-18(12)7/h6-10,12H,5,11H2,1-4H3,(H,18,21);10H,8-9H2,1-7H3,(H,16,19). The highest BCUT2D eigenvalue weighted by molar-refractivity contribution is 7.93. The molecule has 2 heterocycles. The highest BCUT2D eigenvalue weighted by Gasteiger charge is 2.42. The largest absolute Gasteiger partial charge is 0.310 e. The highest BCUT2D eigenvalue weighted by atomic mass is 32.2. The first-order valence-corrected chi connectivity index (χ1v) is 18.5. The molecule has 256 valence electrons. The number of aryl methyl sites for hydroxylation is 2. The maximum Gasteiger partial charge on any atom is 0.246 e. The Morgan fingerprint density at radius 2 is 1.11 bits per heavy atom. The minimum Gasteiger partial charge on any atom is -0.310 e. The van der Waals surface area contributed by atoms with Crippen LogP contribution in [0.1, 0.15) is 80.8 Å². The number of nitrogens with zero attached hydrogens (tertiary/aromatic N) is 4. The molecule has 0 saturated heterocycles. The molecule has 1 aromatic carbocycles. The predicted octanol–water partition coefficient (Wildman–Crippen LogP) is 4.89. The molecule has 0 bridgehead atoms. The maximum absolute atomic E-state index is 12.5. The molecule has 2 aromatic heterocycles. The van der Waals surface area contributed by atoms with Crippen molar-refractivity contribution in [3.8, 4) is 11.3 Å². The number of carbonyl (C=O) groups is 2. The first-order chi connectivity index (χ1) is 21.0. The molecular formula is C32H50N6O6S2. The monoisotopic (exact) mass is 678 g/mol. The van der Waals surface area contributed by atoms with Gasteiger partial charge in [-0.15, -0.1) is 0 Å². The molecule has 0 saturated carbocycles. The number of hydrogen-bond acceptors (Lipinski definition) is 8. The average molecular weight is 679 g/mol. The van der Waals surface area contributed by atoms with Gasteiger partial charge in [-0.2, -0.15) is 10.2 Å².